The lowest BCUT2D eigenvalue weighted by atomic mass is 9.82. The van der Waals surface area contributed by atoms with Crippen LogP contribution in [0.15, 0.2) is 183 Å². The first kappa shape index (κ1) is 31.9. The Balaban J connectivity index is 0.981. The van der Waals surface area contributed by atoms with Gasteiger partial charge < -0.3 is 18.2 Å². The Morgan fingerprint density at radius 2 is 1.11 bits per heavy atom. The molecular formula is C52H34N2O3. The average molecular weight is 735 g/mol. The fraction of sp³-hybridized carbons (Fsp3) is 0.0577. The molecule has 8 aromatic carbocycles. The van der Waals surface area contributed by atoms with Crippen LogP contribution in [0, 0.1) is 0 Å². The van der Waals surface area contributed by atoms with Crippen molar-refractivity contribution in [3.63, 3.8) is 0 Å². The summed E-state index contributed by atoms with van der Waals surface area (Å²) in [5, 5.41) is 4.25. The van der Waals surface area contributed by atoms with Gasteiger partial charge in [-0.05, 0) is 94.5 Å². The van der Waals surface area contributed by atoms with Crippen molar-refractivity contribution in [3.8, 4) is 33.7 Å². The van der Waals surface area contributed by atoms with Gasteiger partial charge in [-0.25, -0.2) is 4.98 Å². The van der Waals surface area contributed by atoms with E-state index in [0.717, 1.165) is 83.1 Å². The minimum atomic E-state index is -0.0747. The summed E-state index contributed by atoms with van der Waals surface area (Å²) in [6.07, 6.45) is 0. The van der Waals surface area contributed by atoms with Gasteiger partial charge in [0, 0.05) is 61.2 Å². The van der Waals surface area contributed by atoms with Gasteiger partial charge in [0.15, 0.2) is 5.58 Å². The number of para-hydroxylation sites is 2. The van der Waals surface area contributed by atoms with E-state index < -0.39 is 0 Å². The van der Waals surface area contributed by atoms with Gasteiger partial charge in [0.05, 0.1) is 0 Å². The maximum absolute atomic E-state index is 6.63. The van der Waals surface area contributed by atoms with Crippen LogP contribution in [0.4, 0.5) is 17.1 Å². The van der Waals surface area contributed by atoms with Crippen LogP contribution in [0.25, 0.3) is 88.7 Å². The van der Waals surface area contributed by atoms with E-state index in [9.17, 15) is 0 Å². The number of anilines is 3. The summed E-state index contributed by atoms with van der Waals surface area (Å²) in [4.78, 5) is 7.18. The van der Waals surface area contributed by atoms with Crippen molar-refractivity contribution >= 4 is 72.0 Å². The highest BCUT2D eigenvalue weighted by Crippen LogP contribution is 2.51. The molecule has 0 spiro atoms. The first-order valence-electron chi connectivity index (χ1n) is 19.4. The number of aromatic nitrogens is 1. The number of hydrogen-bond acceptors (Lipinski definition) is 5. The highest BCUT2D eigenvalue weighted by molar-refractivity contribution is 6.12. The van der Waals surface area contributed by atoms with Gasteiger partial charge in [0.1, 0.15) is 27.8 Å². The highest BCUT2D eigenvalue weighted by Gasteiger charge is 2.35. The van der Waals surface area contributed by atoms with E-state index in [1.54, 1.807) is 0 Å². The third-order valence-corrected chi connectivity index (χ3v) is 11.9. The second-order valence-electron chi connectivity index (χ2n) is 15.5. The number of oxazole rings is 1. The van der Waals surface area contributed by atoms with Gasteiger partial charge in [0.2, 0.25) is 5.89 Å². The second kappa shape index (κ2) is 11.8. The molecule has 0 atom stereocenters. The minimum absolute atomic E-state index is 0.0747. The molecule has 0 unspecified atom stereocenters. The first-order chi connectivity index (χ1) is 28.0. The van der Waals surface area contributed by atoms with Gasteiger partial charge in [-0.1, -0.05) is 111 Å². The SMILES string of the molecule is CC1(C)c2ccccc2-c2cc(N(c3ccc(-c4cccc5c4oc4cc6oc(-c7ccccc7)nc6cc45)cc3)c3ccc4oc5ccccc5c4c3)ccc21. The zero-order valence-corrected chi connectivity index (χ0v) is 31.3. The highest BCUT2D eigenvalue weighted by atomic mass is 16.4. The summed E-state index contributed by atoms with van der Waals surface area (Å²) >= 11 is 0. The van der Waals surface area contributed by atoms with Crippen LogP contribution in [0.3, 0.4) is 0 Å². The van der Waals surface area contributed by atoms with Gasteiger partial charge in [-0.2, -0.15) is 0 Å². The van der Waals surface area contributed by atoms with Gasteiger partial charge in [0.25, 0.3) is 0 Å². The number of benzene rings is 8. The van der Waals surface area contributed by atoms with E-state index >= 15 is 0 Å². The number of fused-ring (bicyclic) bond motifs is 10. The summed E-state index contributed by atoms with van der Waals surface area (Å²) in [7, 11) is 0. The monoisotopic (exact) mass is 734 g/mol. The van der Waals surface area contributed by atoms with Gasteiger partial charge >= 0.3 is 0 Å². The molecule has 0 saturated carbocycles. The molecule has 57 heavy (non-hydrogen) atoms. The Bertz CT molecular complexity index is 3380. The molecule has 3 heterocycles. The lowest BCUT2D eigenvalue weighted by Gasteiger charge is -2.27. The fourth-order valence-corrected chi connectivity index (χ4v) is 9.09. The summed E-state index contributed by atoms with van der Waals surface area (Å²) < 4.78 is 19.1. The zero-order chi connectivity index (χ0) is 37.8. The summed E-state index contributed by atoms with van der Waals surface area (Å²) in [5.74, 6) is 0.601. The smallest absolute Gasteiger partial charge is 0.227 e. The predicted molar refractivity (Wildman–Crippen MR) is 232 cm³/mol. The van der Waals surface area contributed by atoms with Crippen molar-refractivity contribution in [2.45, 2.75) is 19.3 Å². The summed E-state index contributed by atoms with van der Waals surface area (Å²) in [6, 6.07) is 59.7. The third-order valence-electron chi connectivity index (χ3n) is 11.9. The topological polar surface area (TPSA) is 55.6 Å². The van der Waals surface area contributed by atoms with Crippen molar-refractivity contribution in [2.75, 3.05) is 4.90 Å². The van der Waals surface area contributed by atoms with E-state index in [2.05, 4.69) is 140 Å². The van der Waals surface area contributed by atoms with Crippen molar-refractivity contribution < 1.29 is 13.3 Å². The first-order valence-corrected chi connectivity index (χ1v) is 19.4. The number of rotatable bonds is 5. The number of hydrogen-bond donors (Lipinski definition) is 0. The van der Waals surface area contributed by atoms with Crippen molar-refractivity contribution in [3.05, 3.63) is 181 Å². The van der Waals surface area contributed by atoms with Crippen molar-refractivity contribution in [1.29, 1.82) is 0 Å². The molecule has 0 amide bonds. The normalized spacial score (nSPS) is 13.2. The summed E-state index contributed by atoms with van der Waals surface area (Å²) in [6.45, 7) is 4.65. The average Bonchev–Trinajstić information content (AvgIpc) is 4.00. The van der Waals surface area contributed by atoms with Gasteiger partial charge in [-0.15, -0.1) is 0 Å². The Morgan fingerprint density at radius 3 is 2.00 bits per heavy atom. The Morgan fingerprint density at radius 1 is 0.421 bits per heavy atom. The Kier molecular flexibility index (Phi) is 6.62. The molecule has 0 aliphatic heterocycles. The molecule has 3 aromatic heterocycles. The second-order valence-corrected chi connectivity index (χ2v) is 15.5. The quantitative estimate of drug-likeness (QED) is 0.176. The van der Waals surface area contributed by atoms with E-state index in [-0.39, 0.29) is 5.41 Å². The van der Waals surface area contributed by atoms with Crippen LogP contribution >= 0.6 is 0 Å². The molecule has 0 saturated heterocycles. The lowest BCUT2D eigenvalue weighted by Crippen LogP contribution is -2.15. The van der Waals surface area contributed by atoms with Crippen molar-refractivity contribution in [1.82, 2.24) is 4.98 Å². The molecule has 5 nitrogen and oxygen atoms in total. The molecular weight excluding hydrogens is 701 g/mol. The Labute approximate surface area is 328 Å². The van der Waals surface area contributed by atoms with E-state index in [4.69, 9.17) is 18.2 Å². The molecule has 270 valence electrons. The molecule has 0 radical (unpaired) electrons. The Hall–Kier alpha value is -7.37. The summed E-state index contributed by atoms with van der Waals surface area (Å²) in [5.41, 5.74) is 16.3. The standard InChI is InChI=1S/C52H34N2O3/c1-52(2)43-17-8-6-13-37(43)40-27-34(23-25-44(40)52)54(35-24-26-47-41(28-35)38-14-7-9-18-46(38)55-47)33-21-19-31(20-22-33)36-15-10-16-39-42-29-45-49(30-48(42)56-50(36)39)57-51(53-45)32-11-4-3-5-12-32/h3-30H,1-2H3. The fourth-order valence-electron chi connectivity index (χ4n) is 9.09. The number of furan rings is 2. The molecule has 1 aliphatic rings. The van der Waals surface area contributed by atoms with Gasteiger partial charge in [-0.3, -0.25) is 0 Å². The van der Waals surface area contributed by atoms with Crippen LogP contribution in [0.2, 0.25) is 0 Å². The van der Waals surface area contributed by atoms with Crippen LogP contribution in [-0.4, -0.2) is 4.98 Å². The number of nitrogens with zero attached hydrogens (tertiary/aromatic N) is 2. The molecule has 5 heteroatoms. The van der Waals surface area contributed by atoms with Crippen LogP contribution < -0.4 is 4.90 Å². The molecule has 12 rings (SSSR count). The maximum atomic E-state index is 6.63. The largest absolute Gasteiger partial charge is 0.456 e. The lowest BCUT2D eigenvalue weighted by molar-refractivity contribution is 0.617. The van der Waals surface area contributed by atoms with E-state index in [1.807, 2.05) is 48.5 Å². The van der Waals surface area contributed by atoms with E-state index in [1.165, 1.54) is 22.3 Å². The molecule has 0 fully saturated rings. The molecule has 1 aliphatic carbocycles. The third kappa shape index (κ3) is 4.79. The van der Waals surface area contributed by atoms with Crippen molar-refractivity contribution in [2.24, 2.45) is 0 Å². The van der Waals surface area contributed by atoms with Crippen LogP contribution in [0.5, 0.6) is 0 Å². The molecule has 11 aromatic rings. The predicted octanol–water partition coefficient (Wildman–Crippen LogP) is 14.7. The van der Waals surface area contributed by atoms with Crippen LogP contribution in [0.1, 0.15) is 25.0 Å². The maximum Gasteiger partial charge on any atom is 0.227 e. The zero-order valence-electron chi connectivity index (χ0n) is 31.3. The van der Waals surface area contributed by atoms with E-state index in [0.29, 0.717) is 11.5 Å². The molecule has 0 N–H and O–H groups in total. The minimum Gasteiger partial charge on any atom is -0.456 e. The molecule has 0 bridgehead atoms. The van der Waals surface area contributed by atoms with Crippen LogP contribution in [-0.2, 0) is 5.41 Å².